The fourth-order valence-corrected chi connectivity index (χ4v) is 2.96. The van der Waals surface area contributed by atoms with Crippen molar-refractivity contribution in [2.75, 3.05) is 0 Å². The molecule has 110 valence electrons. The Bertz CT molecular complexity index is 479. The molecule has 3 unspecified atom stereocenters. The van der Waals surface area contributed by atoms with Crippen molar-refractivity contribution in [1.29, 1.82) is 0 Å². The Balaban J connectivity index is 2.26. The van der Waals surface area contributed by atoms with Gasteiger partial charge in [0.05, 0.1) is 11.5 Å². The maximum absolute atomic E-state index is 12.5. The third-order valence-electron chi connectivity index (χ3n) is 4.10. The normalized spacial score (nSPS) is 27.3. The van der Waals surface area contributed by atoms with E-state index >= 15 is 0 Å². The zero-order valence-electron chi connectivity index (χ0n) is 11.2. The van der Waals surface area contributed by atoms with Crippen LogP contribution >= 0.6 is 0 Å². The van der Waals surface area contributed by atoms with E-state index in [-0.39, 0.29) is 5.92 Å². The summed E-state index contributed by atoms with van der Waals surface area (Å²) in [4.78, 5) is 11.3. The Morgan fingerprint density at radius 2 is 1.80 bits per heavy atom. The Labute approximate surface area is 115 Å². The van der Waals surface area contributed by atoms with E-state index in [1.54, 1.807) is 0 Å². The summed E-state index contributed by atoms with van der Waals surface area (Å²) in [5.74, 6) is -1.15. The number of aliphatic carboxylic acids is 1. The van der Waals surface area contributed by atoms with Crippen LogP contribution in [0, 0.1) is 11.8 Å². The second-order valence-electron chi connectivity index (χ2n) is 5.59. The van der Waals surface area contributed by atoms with E-state index in [1.807, 2.05) is 0 Å². The zero-order chi connectivity index (χ0) is 14.9. The van der Waals surface area contributed by atoms with Gasteiger partial charge in [-0.1, -0.05) is 19.1 Å². The smallest absolute Gasteiger partial charge is 0.416 e. The Hall–Kier alpha value is -1.52. The van der Waals surface area contributed by atoms with Gasteiger partial charge in [0, 0.05) is 0 Å². The maximum atomic E-state index is 12.5. The van der Waals surface area contributed by atoms with Gasteiger partial charge in [0.1, 0.15) is 0 Å². The van der Waals surface area contributed by atoms with E-state index in [2.05, 4.69) is 6.92 Å². The standard InChI is InChI=1S/C15H17F3O2/c1-9-2-7-12(14(19)20)13(8-9)10-3-5-11(6-4-10)15(16,17)18/h3-6,9,12-13H,2,7-8H2,1H3,(H,19,20). The molecule has 0 heterocycles. The number of benzene rings is 1. The Morgan fingerprint density at radius 1 is 1.20 bits per heavy atom. The first-order chi connectivity index (χ1) is 9.29. The lowest BCUT2D eigenvalue weighted by Crippen LogP contribution is -2.28. The Morgan fingerprint density at radius 3 is 2.30 bits per heavy atom. The van der Waals surface area contributed by atoms with Gasteiger partial charge in [0.25, 0.3) is 0 Å². The minimum atomic E-state index is -4.36. The van der Waals surface area contributed by atoms with E-state index < -0.39 is 23.6 Å². The van der Waals surface area contributed by atoms with Crippen molar-refractivity contribution in [3.63, 3.8) is 0 Å². The highest BCUT2D eigenvalue weighted by Gasteiger charge is 2.35. The summed E-state index contributed by atoms with van der Waals surface area (Å²) in [5.41, 5.74) is -0.00562. The van der Waals surface area contributed by atoms with E-state index in [4.69, 9.17) is 0 Å². The SMILES string of the molecule is CC1CCC(C(=O)O)C(c2ccc(C(F)(F)F)cc2)C1. The first kappa shape index (κ1) is 14.9. The van der Waals surface area contributed by atoms with Crippen molar-refractivity contribution in [2.24, 2.45) is 11.8 Å². The van der Waals surface area contributed by atoms with Crippen LogP contribution in [0.1, 0.15) is 43.2 Å². The predicted octanol–water partition coefficient (Wildman–Crippen LogP) is 4.31. The molecule has 1 fully saturated rings. The molecule has 20 heavy (non-hydrogen) atoms. The summed E-state index contributed by atoms with van der Waals surface area (Å²) in [6, 6.07) is 4.91. The molecule has 2 rings (SSSR count). The largest absolute Gasteiger partial charge is 0.481 e. The van der Waals surface area contributed by atoms with Crippen molar-refractivity contribution >= 4 is 5.97 Å². The van der Waals surface area contributed by atoms with E-state index in [0.29, 0.717) is 24.3 Å². The molecule has 0 bridgehead atoms. The molecule has 0 spiro atoms. The van der Waals surface area contributed by atoms with Crippen molar-refractivity contribution in [1.82, 2.24) is 0 Å². The number of rotatable bonds is 2. The molecule has 1 aliphatic rings. The van der Waals surface area contributed by atoms with Crippen molar-refractivity contribution < 1.29 is 23.1 Å². The molecule has 0 aliphatic heterocycles. The number of hydrogen-bond donors (Lipinski definition) is 1. The molecule has 0 radical (unpaired) electrons. The summed E-state index contributed by atoms with van der Waals surface area (Å²) < 4.78 is 37.6. The monoisotopic (exact) mass is 286 g/mol. The lowest BCUT2D eigenvalue weighted by molar-refractivity contribution is -0.144. The molecule has 1 aromatic carbocycles. The van der Waals surface area contributed by atoms with E-state index in [9.17, 15) is 23.1 Å². The lowest BCUT2D eigenvalue weighted by atomic mass is 9.71. The van der Waals surface area contributed by atoms with Crippen LogP contribution in [-0.4, -0.2) is 11.1 Å². The van der Waals surface area contributed by atoms with E-state index in [0.717, 1.165) is 18.6 Å². The highest BCUT2D eigenvalue weighted by Crippen LogP contribution is 2.41. The van der Waals surface area contributed by atoms with Crippen LogP contribution in [0.15, 0.2) is 24.3 Å². The van der Waals surface area contributed by atoms with Crippen molar-refractivity contribution in [3.05, 3.63) is 35.4 Å². The zero-order valence-corrected chi connectivity index (χ0v) is 11.2. The van der Waals surface area contributed by atoms with Crippen molar-refractivity contribution in [2.45, 2.75) is 38.3 Å². The molecule has 5 heteroatoms. The van der Waals surface area contributed by atoms with Gasteiger partial charge >= 0.3 is 12.1 Å². The molecule has 1 aromatic rings. The fourth-order valence-electron chi connectivity index (χ4n) is 2.96. The summed E-state index contributed by atoms with van der Waals surface area (Å²) >= 11 is 0. The molecule has 1 N–H and O–H groups in total. The molecule has 0 saturated heterocycles. The molecule has 2 nitrogen and oxygen atoms in total. The molecule has 1 saturated carbocycles. The maximum Gasteiger partial charge on any atom is 0.416 e. The molecule has 1 aliphatic carbocycles. The van der Waals surface area contributed by atoms with Gasteiger partial charge in [-0.2, -0.15) is 13.2 Å². The summed E-state index contributed by atoms with van der Waals surface area (Å²) in [6.07, 6.45) is -2.21. The molecule has 0 amide bonds. The highest BCUT2D eigenvalue weighted by molar-refractivity contribution is 5.71. The minimum absolute atomic E-state index is 0.196. The third-order valence-corrected chi connectivity index (χ3v) is 4.10. The van der Waals surface area contributed by atoms with Gasteiger partial charge in [0.15, 0.2) is 0 Å². The minimum Gasteiger partial charge on any atom is -0.481 e. The van der Waals surface area contributed by atoms with Gasteiger partial charge in [0.2, 0.25) is 0 Å². The predicted molar refractivity (Wildman–Crippen MR) is 68.3 cm³/mol. The second kappa shape index (κ2) is 5.46. The first-order valence-electron chi connectivity index (χ1n) is 6.69. The summed E-state index contributed by atoms with van der Waals surface area (Å²) in [7, 11) is 0. The van der Waals surface area contributed by atoms with Crippen LogP contribution in [0.5, 0.6) is 0 Å². The number of hydrogen-bond acceptors (Lipinski definition) is 1. The fraction of sp³-hybridized carbons (Fsp3) is 0.533. The van der Waals surface area contributed by atoms with Gasteiger partial charge in [-0.05, 0) is 48.8 Å². The van der Waals surface area contributed by atoms with Crippen LogP contribution in [-0.2, 0) is 11.0 Å². The third kappa shape index (κ3) is 3.14. The van der Waals surface area contributed by atoms with Gasteiger partial charge in [-0.3, -0.25) is 4.79 Å². The highest BCUT2D eigenvalue weighted by atomic mass is 19.4. The number of carbonyl (C=O) groups is 1. The van der Waals surface area contributed by atoms with Gasteiger partial charge in [-0.25, -0.2) is 0 Å². The van der Waals surface area contributed by atoms with Gasteiger partial charge in [-0.15, -0.1) is 0 Å². The van der Waals surface area contributed by atoms with Crippen LogP contribution in [0.2, 0.25) is 0 Å². The first-order valence-corrected chi connectivity index (χ1v) is 6.69. The van der Waals surface area contributed by atoms with Crippen LogP contribution < -0.4 is 0 Å². The molecular weight excluding hydrogens is 269 g/mol. The van der Waals surface area contributed by atoms with E-state index in [1.165, 1.54) is 12.1 Å². The average molecular weight is 286 g/mol. The average Bonchev–Trinajstić information content (AvgIpc) is 2.37. The summed E-state index contributed by atoms with van der Waals surface area (Å²) in [6.45, 7) is 2.05. The summed E-state index contributed by atoms with van der Waals surface area (Å²) in [5, 5.41) is 9.26. The number of alkyl halides is 3. The van der Waals surface area contributed by atoms with Gasteiger partial charge < -0.3 is 5.11 Å². The molecular formula is C15H17F3O2. The quantitative estimate of drug-likeness (QED) is 0.879. The number of carboxylic acid groups (broad SMARTS) is 1. The Kier molecular flexibility index (Phi) is 4.06. The number of carboxylic acids is 1. The number of halogens is 3. The lowest BCUT2D eigenvalue weighted by Gasteiger charge is -2.32. The molecule has 3 atom stereocenters. The molecule has 0 aromatic heterocycles. The van der Waals surface area contributed by atoms with Crippen LogP contribution in [0.3, 0.4) is 0 Å². The van der Waals surface area contributed by atoms with Crippen LogP contribution in [0.25, 0.3) is 0 Å². The van der Waals surface area contributed by atoms with Crippen LogP contribution in [0.4, 0.5) is 13.2 Å². The topological polar surface area (TPSA) is 37.3 Å². The second-order valence-corrected chi connectivity index (χ2v) is 5.59. The van der Waals surface area contributed by atoms with Crippen molar-refractivity contribution in [3.8, 4) is 0 Å².